The van der Waals surface area contributed by atoms with Crippen molar-refractivity contribution in [3.63, 3.8) is 0 Å². The zero-order chi connectivity index (χ0) is 22.8. The summed E-state index contributed by atoms with van der Waals surface area (Å²) < 4.78 is 5.17. The maximum atomic E-state index is 12.9. The number of rotatable bonds is 5. The van der Waals surface area contributed by atoms with Crippen molar-refractivity contribution in [2.75, 3.05) is 12.4 Å². The molecule has 3 N–H and O–H groups in total. The summed E-state index contributed by atoms with van der Waals surface area (Å²) in [6.07, 6.45) is 0.540. The summed E-state index contributed by atoms with van der Waals surface area (Å²) in [6, 6.07) is 9.77. The Morgan fingerprint density at radius 2 is 2.00 bits per heavy atom. The lowest BCUT2D eigenvalue weighted by Gasteiger charge is -2.29. The van der Waals surface area contributed by atoms with Gasteiger partial charge >= 0.3 is 6.03 Å². The first kappa shape index (κ1) is 21.4. The lowest BCUT2D eigenvalue weighted by atomic mass is 10.0. The van der Waals surface area contributed by atoms with E-state index < -0.39 is 11.9 Å². The Kier molecular flexibility index (Phi) is 5.81. The van der Waals surface area contributed by atoms with E-state index in [1.165, 1.54) is 4.90 Å². The zero-order valence-electron chi connectivity index (χ0n) is 17.9. The molecule has 4 rings (SSSR count). The first-order chi connectivity index (χ1) is 15.4. The summed E-state index contributed by atoms with van der Waals surface area (Å²) in [4.78, 5) is 50.3. The summed E-state index contributed by atoms with van der Waals surface area (Å²) in [6.45, 7) is 2.43. The van der Waals surface area contributed by atoms with Crippen LogP contribution in [0.5, 0.6) is 5.75 Å². The van der Waals surface area contributed by atoms with Crippen LogP contribution in [0.4, 0.5) is 10.5 Å². The molecule has 9 nitrogen and oxygen atoms in total. The molecule has 1 atom stereocenters. The fourth-order valence-corrected chi connectivity index (χ4v) is 3.96. The third-order valence-electron chi connectivity index (χ3n) is 5.73. The van der Waals surface area contributed by atoms with Gasteiger partial charge in [-0.3, -0.25) is 19.7 Å². The van der Waals surface area contributed by atoms with E-state index in [2.05, 4.69) is 16.0 Å². The lowest BCUT2D eigenvalue weighted by molar-refractivity contribution is -0.136. The molecule has 0 aromatic heterocycles. The van der Waals surface area contributed by atoms with Gasteiger partial charge in [-0.2, -0.15) is 0 Å². The highest BCUT2D eigenvalue weighted by Gasteiger charge is 2.39. The Morgan fingerprint density at radius 1 is 1.19 bits per heavy atom. The molecule has 1 fully saturated rings. The minimum Gasteiger partial charge on any atom is -0.497 e. The molecule has 9 heteroatoms. The number of nitrogens with zero attached hydrogens (tertiary/aromatic N) is 1. The maximum Gasteiger partial charge on any atom is 0.319 e. The molecule has 2 aliphatic heterocycles. The fourth-order valence-electron chi connectivity index (χ4n) is 3.96. The van der Waals surface area contributed by atoms with Gasteiger partial charge in [0.25, 0.3) is 5.91 Å². The predicted octanol–water partition coefficient (Wildman–Crippen LogP) is 2.09. The number of amides is 5. The fraction of sp³-hybridized carbons (Fsp3) is 0.304. The average molecular weight is 436 g/mol. The maximum absolute atomic E-state index is 12.9. The molecule has 0 aliphatic carbocycles. The van der Waals surface area contributed by atoms with Crippen molar-refractivity contribution in [1.82, 2.24) is 15.5 Å². The molecule has 1 saturated heterocycles. The molecule has 0 saturated carbocycles. The topological polar surface area (TPSA) is 117 Å². The van der Waals surface area contributed by atoms with Crippen molar-refractivity contribution in [1.29, 1.82) is 0 Å². The summed E-state index contributed by atoms with van der Waals surface area (Å²) in [5.74, 6) is -0.279. The number of urea groups is 1. The molecule has 0 radical (unpaired) electrons. The zero-order valence-corrected chi connectivity index (χ0v) is 17.9. The van der Waals surface area contributed by atoms with Gasteiger partial charge in [0.15, 0.2) is 0 Å². The van der Waals surface area contributed by atoms with Crippen LogP contribution in [0, 0.1) is 6.92 Å². The normalized spacial score (nSPS) is 17.6. The molecule has 2 aliphatic rings. The third kappa shape index (κ3) is 4.27. The first-order valence-electron chi connectivity index (χ1n) is 10.3. The van der Waals surface area contributed by atoms with E-state index in [1.54, 1.807) is 25.3 Å². The van der Waals surface area contributed by atoms with E-state index in [9.17, 15) is 19.2 Å². The van der Waals surface area contributed by atoms with Crippen LogP contribution in [-0.4, -0.2) is 41.8 Å². The van der Waals surface area contributed by atoms with Gasteiger partial charge in [-0.1, -0.05) is 12.1 Å². The molecule has 0 spiro atoms. The number of anilines is 1. The van der Waals surface area contributed by atoms with Gasteiger partial charge in [-0.25, -0.2) is 4.79 Å². The van der Waals surface area contributed by atoms with Gasteiger partial charge in [0.1, 0.15) is 11.8 Å². The molecule has 32 heavy (non-hydrogen) atoms. The number of methoxy groups -OCH3 is 1. The molecule has 1 unspecified atom stereocenters. The molecule has 2 aromatic rings. The lowest BCUT2D eigenvalue weighted by Crippen LogP contribution is -2.52. The number of hydrogen-bond donors (Lipinski definition) is 3. The van der Waals surface area contributed by atoms with E-state index >= 15 is 0 Å². The van der Waals surface area contributed by atoms with E-state index in [0.717, 1.165) is 16.7 Å². The number of hydrogen-bond acceptors (Lipinski definition) is 5. The third-order valence-corrected chi connectivity index (χ3v) is 5.73. The van der Waals surface area contributed by atoms with Crippen LogP contribution in [0.2, 0.25) is 0 Å². The Bertz CT molecular complexity index is 1110. The Labute approximate surface area is 185 Å². The monoisotopic (exact) mass is 436 g/mol. The summed E-state index contributed by atoms with van der Waals surface area (Å²) in [5, 5.41) is 7.88. The van der Waals surface area contributed by atoms with Gasteiger partial charge in [-0.05, 0) is 54.3 Å². The minimum atomic E-state index is -0.646. The van der Waals surface area contributed by atoms with Gasteiger partial charge in [-0.15, -0.1) is 0 Å². The van der Waals surface area contributed by atoms with Crippen LogP contribution in [0.15, 0.2) is 36.4 Å². The second-order valence-corrected chi connectivity index (χ2v) is 7.88. The number of imide groups is 1. The largest absolute Gasteiger partial charge is 0.497 e. The number of carbonyl (C=O) groups excluding carboxylic acids is 4. The number of ether oxygens (including phenoxy) is 1. The molecule has 2 heterocycles. The second kappa shape index (κ2) is 8.70. The standard InChI is InChI=1S/C23H24N4O5/c1-13-9-16(32-2)5-6-18(13)25-23(31)24-11-14-3-4-15-12-27(22(30)17(15)10-14)19-7-8-20(28)26-21(19)29/h3-6,9-10,19H,7-8,11-12H2,1-2H3,(H2,24,25,31)(H,26,28,29). The number of carbonyl (C=O) groups is 4. The van der Waals surface area contributed by atoms with Crippen molar-refractivity contribution < 1.29 is 23.9 Å². The van der Waals surface area contributed by atoms with E-state index in [4.69, 9.17) is 4.74 Å². The Morgan fingerprint density at radius 3 is 2.72 bits per heavy atom. The molecular weight excluding hydrogens is 412 g/mol. The van der Waals surface area contributed by atoms with Gasteiger partial charge in [0.2, 0.25) is 11.8 Å². The number of piperidine rings is 1. The van der Waals surface area contributed by atoms with E-state index in [0.29, 0.717) is 30.0 Å². The van der Waals surface area contributed by atoms with Gasteiger partial charge in [0.05, 0.1) is 7.11 Å². The quantitative estimate of drug-likeness (QED) is 0.621. The van der Waals surface area contributed by atoms with Crippen molar-refractivity contribution in [2.45, 2.75) is 38.9 Å². The number of nitrogens with one attached hydrogen (secondary N) is 3. The SMILES string of the molecule is COc1ccc(NC(=O)NCc2ccc3c(c2)C(=O)N(C2CCC(=O)NC2=O)C3)c(C)c1. The second-order valence-electron chi connectivity index (χ2n) is 7.88. The predicted molar refractivity (Wildman–Crippen MR) is 116 cm³/mol. The minimum absolute atomic E-state index is 0.217. The van der Waals surface area contributed by atoms with Crippen LogP contribution in [0.3, 0.4) is 0 Å². The number of fused-ring (bicyclic) bond motifs is 1. The van der Waals surface area contributed by atoms with Crippen LogP contribution in [-0.2, 0) is 22.7 Å². The summed E-state index contributed by atoms with van der Waals surface area (Å²) >= 11 is 0. The molecule has 2 aromatic carbocycles. The highest BCUT2D eigenvalue weighted by Crippen LogP contribution is 2.28. The number of benzene rings is 2. The first-order valence-corrected chi connectivity index (χ1v) is 10.3. The smallest absolute Gasteiger partial charge is 0.319 e. The summed E-state index contributed by atoms with van der Waals surface area (Å²) in [7, 11) is 1.58. The Hall–Kier alpha value is -3.88. The van der Waals surface area contributed by atoms with Crippen molar-refractivity contribution in [2.24, 2.45) is 0 Å². The van der Waals surface area contributed by atoms with Crippen molar-refractivity contribution in [3.05, 3.63) is 58.7 Å². The highest BCUT2D eigenvalue weighted by molar-refractivity contribution is 6.05. The molecule has 0 bridgehead atoms. The molecule has 166 valence electrons. The Balaban J connectivity index is 1.38. The van der Waals surface area contributed by atoms with Crippen LogP contribution < -0.4 is 20.7 Å². The molecule has 5 amide bonds. The summed E-state index contributed by atoms with van der Waals surface area (Å²) in [5.41, 5.74) is 3.65. The van der Waals surface area contributed by atoms with Crippen molar-refractivity contribution >= 4 is 29.4 Å². The number of aryl methyl sites for hydroxylation is 1. The highest BCUT2D eigenvalue weighted by atomic mass is 16.5. The van der Waals surface area contributed by atoms with Crippen LogP contribution in [0.1, 0.15) is 39.9 Å². The van der Waals surface area contributed by atoms with Gasteiger partial charge in [0, 0.05) is 30.8 Å². The average Bonchev–Trinajstić information content (AvgIpc) is 3.09. The van der Waals surface area contributed by atoms with E-state index in [-0.39, 0.29) is 30.8 Å². The van der Waals surface area contributed by atoms with Crippen LogP contribution >= 0.6 is 0 Å². The van der Waals surface area contributed by atoms with Gasteiger partial charge < -0.3 is 20.3 Å². The van der Waals surface area contributed by atoms with Crippen molar-refractivity contribution in [3.8, 4) is 5.75 Å². The van der Waals surface area contributed by atoms with E-state index in [1.807, 2.05) is 25.1 Å². The van der Waals surface area contributed by atoms with Crippen LogP contribution in [0.25, 0.3) is 0 Å². The molecular formula is C23H24N4O5.